The number of likely N-dealkylation sites (N-methyl/N-ethyl adjacent to an activating group) is 1. The maximum atomic E-state index is 12.3. The van der Waals surface area contributed by atoms with Crippen LogP contribution in [0.3, 0.4) is 0 Å². The van der Waals surface area contributed by atoms with Gasteiger partial charge in [-0.25, -0.2) is 4.98 Å². The van der Waals surface area contributed by atoms with Crippen molar-refractivity contribution >= 4 is 11.8 Å². The Morgan fingerprint density at radius 2 is 2.10 bits per heavy atom. The largest absolute Gasteiger partial charge is 0.480 e. The second-order valence-corrected chi connectivity index (χ2v) is 4.87. The quantitative estimate of drug-likeness (QED) is 0.729. The fraction of sp³-hybridized carbons (Fsp3) is 0.615. The van der Waals surface area contributed by atoms with Crippen molar-refractivity contribution in [3.8, 4) is 0 Å². The predicted octanol–water partition coefficient (Wildman–Crippen LogP) is 0.106. The van der Waals surface area contributed by atoms with E-state index in [0.717, 1.165) is 6.42 Å². The molecule has 0 saturated carbocycles. The first-order valence-electron chi connectivity index (χ1n) is 6.62. The Morgan fingerprint density at radius 3 is 2.65 bits per heavy atom. The zero-order valence-electron chi connectivity index (χ0n) is 12.2. The van der Waals surface area contributed by atoms with Crippen LogP contribution in [0.4, 0.5) is 5.82 Å². The number of aromatic nitrogens is 2. The number of aliphatic carboxylic acids is 1. The third-order valence-electron chi connectivity index (χ3n) is 2.80. The molecule has 0 radical (unpaired) electrons. The summed E-state index contributed by atoms with van der Waals surface area (Å²) in [6, 6.07) is 0. The first-order chi connectivity index (χ1) is 9.45. The zero-order valence-corrected chi connectivity index (χ0v) is 12.2. The van der Waals surface area contributed by atoms with E-state index in [0.29, 0.717) is 19.6 Å². The van der Waals surface area contributed by atoms with Crippen LogP contribution in [0.25, 0.3) is 0 Å². The van der Waals surface area contributed by atoms with Crippen LogP contribution < -0.4 is 10.5 Å². The van der Waals surface area contributed by atoms with Crippen molar-refractivity contribution < 1.29 is 9.90 Å². The summed E-state index contributed by atoms with van der Waals surface area (Å²) in [6.07, 6.45) is 4.00. The first-order valence-corrected chi connectivity index (χ1v) is 6.62. The van der Waals surface area contributed by atoms with Gasteiger partial charge < -0.3 is 19.5 Å². The number of carbonyl (C=O) groups is 1. The fourth-order valence-corrected chi connectivity index (χ4v) is 1.81. The number of anilines is 1. The van der Waals surface area contributed by atoms with Crippen molar-refractivity contribution in [3.05, 3.63) is 22.7 Å². The van der Waals surface area contributed by atoms with E-state index in [-0.39, 0.29) is 17.9 Å². The monoisotopic (exact) mass is 282 g/mol. The van der Waals surface area contributed by atoms with Crippen LogP contribution in [0.5, 0.6) is 0 Å². The van der Waals surface area contributed by atoms with Crippen molar-refractivity contribution in [3.63, 3.8) is 0 Å². The van der Waals surface area contributed by atoms with Gasteiger partial charge in [-0.1, -0.05) is 6.92 Å². The van der Waals surface area contributed by atoms with Crippen molar-refractivity contribution in [2.45, 2.75) is 19.9 Å². The molecule has 20 heavy (non-hydrogen) atoms. The second-order valence-electron chi connectivity index (χ2n) is 4.87. The maximum Gasteiger partial charge on any atom is 0.323 e. The van der Waals surface area contributed by atoms with Crippen LogP contribution in [0, 0.1) is 0 Å². The molecule has 7 nitrogen and oxygen atoms in total. The number of carboxylic acids is 1. The third-order valence-corrected chi connectivity index (χ3v) is 2.80. The van der Waals surface area contributed by atoms with Gasteiger partial charge in [-0.3, -0.25) is 9.59 Å². The average molecular weight is 282 g/mol. The molecular weight excluding hydrogens is 260 g/mol. The third kappa shape index (κ3) is 4.65. The Balaban J connectivity index is 3.03. The van der Waals surface area contributed by atoms with Crippen LogP contribution in [0.1, 0.15) is 13.3 Å². The summed E-state index contributed by atoms with van der Waals surface area (Å²) in [5.41, 5.74) is -0.241. The molecule has 1 N–H and O–H groups in total. The van der Waals surface area contributed by atoms with Gasteiger partial charge in [0.2, 0.25) is 0 Å². The maximum absolute atomic E-state index is 12.3. The Hall–Kier alpha value is -1.89. The molecule has 1 heterocycles. The lowest BCUT2D eigenvalue weighted by atomic mass is 10.4. The molecule has 0 unspecified atom stereocenters. The normalized spacial score (nSPS) is 10.8. The molecule has 0 atom stereocenters. The smallest absolute Gasteiger partial charge is 0.323 e. The summed E-state index contributed by atoms with van der Waals surface area (Å²) in [7, 11) is 3.79. The molecule has 0 amide bonds. The number of aryl methyl sites for hydroxylation is 1. The molecule has 0 fully saturated rings. The van der Waals surface area contributed by atoms with Gasteiger partial charge in [0.25, 0.3) is 5.56 Å². The first kappa shape index (κ1) is 16.2. The van der Waals surface area contributed by atoms with Crippen LogP contribution >= 0.6 is 0 Å². The molecule has 0 aliphatic rings. The highest BCUT2D eigenvalue weighted by atomic mass is 16.4. The SMILES string of the molecule is CCCn1ccnc(N(CCN(C)C)CC(=O)O)c1=O. The average Bonchev–Trinajstić information content (AvgIpc) is 2.37. The zero-order chi connectivity index (χ0) is 15.1. The molecule has 0 bridgehead atoms. The van der Waals surface area contributed by atoms with Gasteiger partial charge in [-0.05, 0) is 20.5 Å². The topological polar surface area (TPSA) is 78.7 Å². The van der Waals surface area contributed by atoms with E-state index >= 15 is 0 Å². The lowest BCUT2D eigenvalue weighted by molar-refractivity contribution is -0.135. The van der Waals surface area contributed by atoms with E-state index in [1.807, 2.05) is 25.9 Å². The highest BCUT2D eigenvalue weighted by molar-refractivity contribution is 5.73. The molecule has 0 aliphatic heterocycles. The lowest BCUT2D eigenvalue weighted by Gasteiger charge is -2.23. The second kappa shape index (κ2) is 7.64. The highest BCUT2D eigenvalue weighted by Crippen LogP contribution is 2.04. The number of hydrogen-bond donors (Lipinski definition) is 1. The van der Waals surface area contributed by atoms with Gasteiger partial charge in [0.1, 0.15) is 6.54 Å². The van der Waals surface area contributed by atoms with E-state index in [4.69, 9.17) is 5.11 Å². The van der Waals surface area contributed by atoms with Gasteiger partial charge in [0, 0.05) is 32.0 Å². The number of carboxylic acid groups (broad SMARTS) is 1. The standard InChI is InChI=1S/C13H22N4O3/c1-4-6-16-7-5-14-12(13(16)20)17(10-11(18)19)9-8-15(2)3/h5,7H,4,6,8-10H2,1-3H3,(H,18,19). The number of hydrogen-bond acceptors (Lipinski definition) is 5. The van der Waals surface area contributed by atoms with Crippen LogP contribution in [-0.4, -0.2) is 59.3 Å². The van der Waals surface area contributed by atoms with Crippen molar-refractivity contribution in [1.82, 2.24) is 14.5 Å². The Kier molecular flexibility index (Phi) is 6.17. The highest BCUT2D eigenvalue weighted by Gasteiger charge is 2.16. The van der Waals surface area contributed by atoms with Gasteiger partial charge >= 0.3 is 5.97 Å². The minimum absolute atomic E-state index is 0.199. The molecule has 0 spiro atoms. The molecule has 7 heteroatoms. The number of nitrogens with zero attached hydrogens (tertiary/aromatic N) is 4. The Morgan fingerprint density at radius 1 is 1.40 bits per heavy atom. The van der Waals surface area contributed by atoms with E-state index in [1.165, 1.54) is 11.1 Å². The van der Waals surface area contributed by atoms with Crippen molar-refractivity contribution in [2.24, 2.45) is 0 Å². The van der Waals surface area contributed by atoms with Crippen molar-refractivity contribution in [1.29, 1.82) is 0 Å². The molecule has 112 valence electrons. The molecule has 1 aromatic heterocycles. The van der Waals surface area contributed by atoms with Crippen LogP contribution in [0.2, 0.25) is 0 Å². The summed E-state index contributed by atoms with van der Waals surface area (Å²) in [6.45, 7) is 3.44. The van der Waals surface area contributed by atoms with E-state index in [9.17, 15) is 9.59 Å². The lowest BCUT2D eigenvalue weighted by Crippen LogP contribution is -2.40. The Labute approximate surface area is 118 Å². The minimum atomic E-state index is -0.976. The Bertz CT molecular complexity index is 499. The molecule has 0 saturated heterocycles. The van der Waals surface area contributed by atoms with Gasteiger partial charge in [-0.2, -0.15) is 0 Å². The summed E-state index contributed by atoms with van der Waals surface area (Å²) in [5, 5.41) is 8.98. The van der Waals surface area contributed by atoms with Crippen LogP contribution in [-0.2, 0) is 11.3 Å². The summed E-state index contributed by atoms with van der Waals surface area (Å²) in [4.78, 5) is 30.7. The summed E-state index contributed by atoms with van der Waals surface area (Å²) >= 11 is 0. The van der Waals surface area contributed by atoms with E-state index in [1.54, 1.807) is 10.8 Å². The molecule has 1 rings (SSSR count). The van der Waals surface area contributed by atoms with Gasteiger partial charge in [0.15, 0.2) is 5.82 Å². The molecular formula is C13H22N4O3. The van der Waals surface area contributed by atoms with Gasteiger partial charge in [-0.15, -0.1) is 0 Å². The van der Waals surface area contributed by atoms with E-state index in [2.05, 4.69) is 4.98 Å². The molecule has 1 aromatic rings. The van der Waals surface area contributed by atoms with Crippen molar-refractivity contribution in [2.75, 3.05) is 38.6 Å². The molecule has 0 aromatic carbocycles. The number of rotatable bonds is 8. The van der Waals surface area contributed by atoms with E-state index < -0.39 is 5.97 Å². The molecule has 0 aliphatic carbocycles. The summed E-state index contributed by atoms with van der Waals surface area (Å²) in [5.74, 6) is -0.777. The predicted molar refractivity (Wildman–Crippen MR) is 77.2 cm³/mol. The minimum Gasteiger partial charge on any atom is -0.480 e. The fourth-order valence-electron chi connectivity index (χ4n) is 1.81. The van der Waals surface area contributed by atoms with Crippen LogP contribution in [0.15, 0.2) is 17.2 Å². The summed E-state index contributed by atoms with van der Waals surface area (Å²) < 4.78 is 1.56. The van der Waals surface area contributed by atoms with Gasteiger partial charge in [0.05, 0.1) is 0 Å².